The fraction of sp³-hybridized carbons (Fsp3) is 0.533. The molecule has 0 spiro atoms. The minimum atomic E-state index is -0.829. The maximum atomic E-state index is 10.7. The normalized spacial score (nSPS) is 24.3. The Hall–Kier alpha value is -1.39. The van der Waals surface area contributed by atoms with Crippen LogP contribution in [0.15, 0.2) is 24.3 Å². The number of likely N-dealkylation sites (tertiary alicyclic amines) is 1. The lowest BCUT2D eigenvalue weighted by Crippen LogP contribution is -2.46. The molecule has 1 aliphatic heterocycles. The Morgan fingerprint density at radius 1 is 1.37 bits per heavy atom. The summed E-state index contributed by atoms with van der Waals surface area (Å²) in [7, 11) is 0. The van der Waals surface area contributed by atoms with Gasteiger partial charge in [0.15, 0.2) is 0 Å². The van der Waals surface area contributed by atoms with Crippen LogP contribution in [0.4, 0.5) is 0 Å². The first-order valence-corrected chi connectivity index (χ1v) is 6.72. The zero-order valence-electron chi connectivity index (χ0n) is 11.2. The molecular weight excluding hydrogens is 242 g/mol. The van der Waals surface area contributed by atoms with Gasteiger partial charge in [-0.15, -0.1) is 0 Å². The third kappa shape index (κ3) is 4.04. The summed E-state index contributed by atoms with van der Waals surface area (Å²) in [4.78, 5) is 12.5. The minimum absolute atomic E-state index is 0.0221. The highest BCUT2D eigenvalue weighted by molar-refractivity contribution is 5.69. The zero-order valence-corrected chi connectivity index (χ0v) is 11.2. The predicted molar refractivity (Wildman–Crippen MR) is 73.1 cm³/mol. The van der Waals surface area contributed by atoms with Crippen molar-refractivity contribution in [3.05, 3.63) is 35.4 Å². The van der Waals surface area contributed by atoms with Crippen LogP contribution in [0.5, 0.6) is 0 Å². The van der Waals surface area contributed by atoms with Crippen LogP contribution < -0.4 is 0 Å². The topological polar surface area (TPSA) is 60.8 Å². The molecule has 0 radical (unpaired) electrons. The molecule has 1 heterocycles. The molecule has 4 heteroatoms. The SMILES string of the molecule is Cc1ccc(CC2CCN(CC(=O)O)CC2O)cc1. The predicted octanol–water partition coefficient (Wildman–Crippen LogP) is 1.30. The quantitative estimate of drug-likeness (QED) is 0.859. The van der Waals surface area contributed by atoms with E-state index in [4.69, 9.17) is 5.11 Å². The van der Waals surface area contributed by atoms with E-state index >= 15 is 0 Å². The van der Waals surface area contributed by atoms with Crippen LogP contribution in [0, 0.1) is 12.8 Å². The van der Waals surface area contributed by atoms with Crippen molar-refractivity contribution in [1.82, 2.24) is 4.90 Å². The highest BCUT2D eigenvalue weighted by Gasteiger charge is 2.28. The molecule has 2 N–H and O–H groups in total. The van der Waals surface area contributed by atoms with Crippen molar-refractivity contribution in [3.63, 3.8) is 0 Å². The maximum absolute atomic E-state index is 10.7. The summed E-state index contributed by atoms with van der Waals surface area (Å²) in [5.74, 6) is -0.600. The molecule has 1 aromatic carbocycles. The van der Waals surface area contributed by atoms with Crippen LogP contribution in [-0.2, 0) is 11.2 Å². The van der Waals surface area contributed by atoms with Gasteiger partial charge in [-0.05, 0) is 37.8 Å². The molecule has 0 bridgehead atoms. The van der Waals surface area contributed by atoms with Crippen LogP contribution >= 0.6 is 0 Å². The number of hydrogen-bond donors (Lipinski definition) is 2. The molecule has 0 saturated carbocycles. The number of piperidine rings is 1. The largest absolute Gasteiger partial charge is 0.480 e. The van der Waals surface area contributed by atoms with Gasteiger partial charge < -0.3 is 10.2 Å². The van der Waals surface area contributed by atoms with Gasteiger partial charge in [-0.25, -0.2) is 0 Å². The van der Waals surface area contributed by atoms with Gasteiger partial charge in [0.2, 0.25) is 0 Å². The van der Waals surface area contributed by atoms with E-state index in [1.54, 1.807) is 4.90 Å². The van der Waals surface area contributed by atoms with E-state index in [1.807, 2.05) is 0 Å². The number of rotatable bonds is 4. The Balaban J connectivity index is 1.89. The molecule has 4 nitrogen and oxygen atoms in total. The van der Waals surface area contributed by atoms with E-state index in [0.717, 1.165) is 19.4 Å². The Morgan fingerprint density at radius 2 is 2.05 bits per heavy atom. The standard InChI is InChI=1S/C15H21NO3/c1-11-2-4-12(5-3-11)8-13-6-7-16(9-14(13)17)10-15(18)19/h2-5,13-14,17H,6-10H2,1H3,(H,18,19). The van der Waals surface area contributed by atoms with Crippen molar-refractivity contribution in [1.29, 1.82) is 0 Å². The van der Waals surface area contributed by atoms with Crippen molar-refractivity contribution in [2.75, 3.05) is 19.6 Å². The molecular formula is C15H21NO3. The van der Waals surface area contributed by atoms with Crippen molar-refractivity contribution >= 4 is 5.97 Å². The number of benzene rings is 1. The van der Waals surface area contributed by atoms with Crippen LogP contribution in [0.25, 0.3) is 0 Å². The van der Waals surface area contributed by atoms with Crippen molar-refractivity contribution in [2.24, 2.45) is 5.92 Å². The molecule has 1 saturated heterocycles. The maximum Gasteiger partial charge on any atom is 0.317 e. The van der Waals surface area contributed by atoms with E-state index in [1.165, 1.54) is 11.1 Å². The van der Waals surface area contributed by atoms with Gasteiger partial charge in [0.25, 0.3) is 0 Å². The van der Waals surface area contributed by atoms with Gasteiger partial charge in [0.1, 0.15) is 0 Å². The first kappa shape index (κ1) is 14.0. The van der Waals surface area contributed by atoms with E-state index in [9.17, 15) is 9.90 Å². The highest BCUT2D eigenvalue weighted by Crippen LogP contribution is 2.22. The third-order valence-electron chi connectivity index (χ3n) is 3.78. The summed E-state index contributed by atoms with van der Waals surface area (Å²) in [6, 6.07) is 8.37. The summed E-state index contributed by atoms with van der Waals surface area (Å²) in [6.45, 7) is 3.29. The molecule has 2 atom stereocenters. The monoisotopic (exact) mass is 263 g/mol. The number of hydrogen-bond acceptors (Lipinski definition) is 3. The van der Waals surface area contributed by atoms with Gasteiger partial charge in [-0.3, -0.25) is 9.69 Å². The summed E-state index contributed by atoms with van der Waals surface area (Å²) in [5.41, 5.74) is 2.47. The minimum Gasteiger partial charge on any atom is -0.480 e. The van der Waals surface area contributed by atoms with E-state index in [0.29, 0.717) is 6.54 Å². The lowest BCUT2D eigenvalue weighted by Gasteiger charge is -2.35. The van der Waals surface area contributed by atoms with Crippen molar-refractivity contribution in [2.45, 2.75) is 25.9 Å². The Labute approximate surface area is 113 Å². The first-order valence-electron chi connectivity index (χ1n) is 6.72. The summed E-state index contributed by atoms with van der Waals surface area (Å²) in [6.07, 6.45) is 1.28. The number of aliphatic carboxylic acids is 1. The number of carboxylic acid groups (broad SMARTS) is 1. The molecule has 19 heavy (non-hydrogen) atoms. The smallest absolute Gasteiger partial charge is 0.317 e. The van der Waals surface area contributed by atoms with Crippen LogP contribution in [0.3, 0.4) is 0 Å². The number of β-amino-alcohol motifs (C(OH)–C–C–N with tert-alkyl or cyclic N) is 1. The number of carbonyl (C=O) groups is 1. The molecule has 104 valence electrons. The molecule has 0 aliphatic carbocycles. The molecule has 1 aromatic rings. The molecule has 0 aromatic heterocycles. The average molecular weight is 263 g/mol. The second-order valence-corrected chi connectivity index (χ2v) is 5.43. The fourth-order valence-corrected chi connectivity index (χ4v) is 2.65. The fourth-order valence-electron chi connectivity index (χ4n) is 2.65. The summed E-state index contributed by atoms with van der Waals surface area (Å²) < 4.78 is 0. The van der Waals surface area contributed by atoms with Crippen molar-refractivity contribution < 1.29 is 15.0 Å². The number of carboxylic acids is 1. The molecule has 1 fully saturated rings. The number of aryl methyl sites for hydroxylation is 1. The molecule has 2 rings (SSSR count). The number of nitrogens with zero attached hydrogens (tertiary/aromatic N) is 1. The lowest BCUT2D eigenvalue weighted by molar-refractivity contribution is -0.139. The van der Waals surface area contributed by atoms with Gasteiger partial charge >= 0.3 is 5.97 Å². The Kier molecular flexibility index (Phi) is 4.56. The molecule has 2 unspecified atom stereocenters. The van der Waals surface area contributed by atoms with Crippen LogP contribution in [-0.4, -0.2) is 46.8 Å². The number of aliphatic hydroxyl groups excluding tert-OH is 1. The van der Waals surface area contributed by atoms with E-state index in [2.05, 4.69) is 31.2 Å². The molecule has 1 aliphatic rings. The summed E-state index contributed by atoms with van der Waals surface area (Å²) in [5, 5.41) is 18.9. The molecule has 0 amide bonds. The Bertz CT molecular complexity index is 430. The zero-order chi connectivity index (χ0) is 13.8. The van der Waals surface area contributed by atoms with E-state index < -0.39 is 12.1 Å². The van der Waals surface area contributed by atoms with Gasteiger partial charge in [-0.2, -0.15) is 0 Å². The van der Waals surface area contributed by atoms with Crippen LogP contribution in [0.2, 0.25) is 0 Å². The Morgan fingerprint density at radius 3 is 2.63 bits per heavy atom. The first-order chi connectivity index (χ1) is 9.04. The van der Waals surface area contributed by atoms with Crippen molar-refractivity contribution in [3.8, 4) is 0 Å². The summed E-state index contributed by atoms with van der Waals surface area (Å²) >= 11 is 0. The number of aliphatic hydroxyl groups is 1. The second-order valence-electron chi connectivity index (χ2n) is 5.43. The lowest BCUT2D eigenvalue weighted by atomic mass is 9.87. The van der Waals surface area contributed by atoms with Gasteiger partial charge in [0, 0.05) is 6.54 Å². The van der Waals surface area contributed by atoms with Gasteiger partial charge in [-0.1, -0.05) is 29.8 Å². The van der Waals surface area contributed by atoms with E-state index in [-0.39, 0.29) is 12.5 Å². The second kappa shape index (κ2) is 6.17. The third-order valence-corrected chi connectivity index (χ3v) is 3.78. The average Bonchev–Trinajstić information content (AvgIpc) is 2.34. The highest BCUT2D eigenvalue weighted by atomic mass is 16.4. The van der Waals surface area contributed by atoms with Gasteiger partial charge in [0.05, 0.1) is 12.6 Å². The van der Waals surface area contributed by atoms with Crippen LogP contribution in [0.1, 0.15) is 17.5 Å².